The van der Waals surface area contributed by atoms with Gasteiger partial charge in [0.2, 0.25) is 5.91 Å². The van der Waals surface area contributed by atoms with E-state index in [9.17, 15) is 9.18 Å². The third kappa shape index (κ3) is 4.89. The number of likely N-dealkylation sites (tertiary alicyclic amines) is 1. The lowest BCUT2D eigenvalue weighted by Crippen LogP contribution is -2.40. The molecule has 0 saturated carbocycles. The zero-order valence-electron chi connectivity index (χ0n) is 16.2. The number of thiophene rings is 1. The summed E-state index contributed by atoms with van der Waals surface area (Å²) in [5, 5.41) is 11.0. The largest absolute Gasteiger partial charge is 0.352 e. The number of piperidine rings is 1. The van der Waals surface area contributed by atoms with Gasteiger partial charge >= 0.3 is 0 Å². The fraction of sp³-hybridized carbons (Fsp3) is 0.381. The third-order valence-corrected chi connectivity index (χ3v) is 5.95. The molecule has 1 amide bonds. The van der Waals surface area contributed by atoms with Crippen molar-refractivity contribution >= 4 is 17.2 Å². The molecule has 0 aliphatic carbocycles. The number of amides is 1. The Morgan fingerprint density at radius 3 is 2.90 bits per heavy atom. The molecule has 0 atom stereocenters. The fourth-order valence-corrected chi connectivity index (χ4v) is 4.08. The van der Waals surface area contributed by atoms with E-state index in [-0.39, 0.29) is 17.6 Å². The van der Waals surface area contributed by atoms with Crippen LogP contribution in [-0.2, 0) is 17.9 Å². The van der Waals surface area contributed by atoms with Crippen LogP contribution in [0.25, 0.3) is 11.5 Å². The first-order valence-electron chi connectivity index (χ1n) is 9.69. The van der Waals surface area contributed by atoms with Crippen LogP contribution >= 0.6 is 11.3 Å². The van der Waals surface area contributed by atoms with Crippen molar-refractivity contribution in [2.75, 3.05) is 13.1 Å². The first-order valence-corrected chi connectivity index (χ1v) is 10.6. The summed E-state index contributed by atoms with van der Waals surface area (Å²) < 4.78 is 19.0. The number of aromatic nitrogens is 2. The topological polar surface area (TPSA) is 71.3 Å². The minimum atomic E-state index is -0.242. The van der Waals surface area contributed by atoms with Gasteiger partial charge in [-0.15, -0.1) is 0 Å². The van der Waals surface area contributed by atoms with Crippen molar-refractivity contribution < 1.29 is 13.7 Å². The maximum absolute atomic E-state index is 13.6. The number of benzene rings is 1. The molecule has 0 radical (unpaired) electrons. The van der Waals surface area contributed by atoms with E-state index < -0.39 is 0 Å². The molecule has 152 valence electrons. The zero-order valence-corrected chi connectivity index (χ0v) is 17.0. The molecule has 1 aliphatic heterocycles. The van der Waals surface area contributed by atoms with E-state index in [1.807, 2.05) is 22.9 Å². The summed E-state index contributed by atoms with van der Waals surface area (Å²) >= 11 is 1.59. The minimum absolute atomic E-state index is 0.0202. The number of carbonyl (C=O) groups excluding carboxylic acids is 1. The summed E-state index contributed by atoms with van der Waals surface area (Å²) in [5.74, 6) is 0.977. The molecule has 29 heavy (non-hydrogen) atoms. The minimum Gasteiger partial charge on any atom is -0.352 e. The van der Waals surface area contributed by atoms with Gasteiger partial charge in [0.15, 0.2) is 5.82 Å². The molecule has 0 unspecified atom stereocenters. The van der Waals surface area contributed by atoms with Crippen molar-refractivity contribution in [3.63, 3.8) is 0 Å². The van der Waals surface area contributed by atoms with Gasteiger partial charge in [-0.1, -0.05) is 17.3 Å². The summed E-state index contributed by atoms with van der Waals surface area (Å²) in [7, 11) is 0. The molecule has 2 aromatic heterocycles. The Balaban J connectivity index is 1.23. The number of carbonyl (C=O) groups is 1. The summed E-state index contributed by atoms with van der Waals surface area (Å²) in [6.07, 6.45) is 1.56. The Kier molecular flexibility index (Phi) is 6.01. The molecule has 1 saturated heterocycles. The lowest BCUT2D eigenvalue weighted by Gasteiger charge is -2.30. The van der Waals surface area contributed by atoms with Crippen molar-refractivity contribution in [2.45, 2.75) is 32.9 Å². The average Bonchev–Trinajstić information content (AvgIpc) is 3.41. The van der Waals surface area contributed by atoms with Crippen LogP contribution in [0.5, 0.6) is 0 Å². The van der Waals surface area contributed by atoms with Crippen LogP contribution in [-0.4, -0.2) is 34.0 Å². The Labute approximate surface area is 172 Å². The lowest BCUT2D eigenvalue weighted by atomic mass is 9.96. The summed E-state index contributed by atoms with van der Waals surface area (Å²) in [5.41, 5.74) is 2.33. The Morgan fingerprint density at radius 1 is 1.34 bits per heavy atom. The maximum atomic E-state index is 13.6. The van der Waals surface area contributed by atoms with E-state index in [4.69, 9.17) is 4.52 Å². The summed E-state index contributed by atoms with van der Waals surface area (Å²) in [6.45, 7) is 4.30. The molecular weight excluding hydrogens is 391 g/mol. The Bertz CT molecular complexity index is 965. The first kappa shape index (κ1) is 19.7. The third-order valence-electron chi connectivity index (χ3n) is 5.26. The van der Waals surface area contributed by atoms with Gasteiger partial charge in [-0.3, -0.25) is 9.69 Å². The number of rotatable bonds is 6. The highest BCUT2D eigenvalue weighted by Gasteiger charge is 2.25. The molecule has 3 aromatic rings. The quantitative estimate of drug-likeness (QED) is 0.665. The van der Waals surface area contributed by atoms with E-state index in [0.717, 1.165) is 37.1 Å². The monoisotopic (exact) mass is 414 g/mol. The number of hydrogen-bond acceptors (Lipinski definition) is 6. The van der Waals surface area contributed by atoms with Gasteiger partial charge in [0.1, 0.15) is 5.82 Å². The highest BCUT2D eigenvalue weighted by atomic mass is 32.1. The number of halogens is 1. The number of nitrogens with zero attached hydrogens (tertiary/aromatic N) is 3. The van der Waals surface area contributed by atoms with Crippen LogP contribution in [0.1, 0.15) is 29.8 Å². The molecule has 1 aromatic carbocycles. The molecule has 1 aliphatic rings. The predicted molar refractivity (Wildman–Crippen MR) is 109 cm³/mol. The smallest absolute Gasteiger partial charge is 0.258 e. The highest BCUT2D eigenvalue weighted by Crippen LogP contribution is 2.22. The van der Waals surface area contributed by atoms with Crippen molar-refractivity contribution in [1.29, 1.82) is 0 Å². The van der Waals surface area contributed by atoms with Gasteiger partial charge in [0.05, 0.1) is 12.1 Å². The van der Waals surface area contributed by atoms with Gasteiger partial charge in [-0.2, -0.15) is 16.3 Å². The van der Waals surface area contributed by atoms with Crippen LogP contribution in [0.15, 0.2) is 39.5 Å². The lowest BCUT2D eigenvalue weighted by molar-refractivity contribution is -0.126. The maximum Gasteiger partial charge on any atom is 0.258 e. The SMILES string of the molecule is Cc1ccc(CNC(=O)C2CCN(Cc3noc(-c4ccsc4)n3)CC2)cc1F. The normalized spacial score (nSPS) is 15.5. The second-order valence-electron chi connectivity index (χ2n) is 7.38. The van der Waals surface area contributed by atoms with E-state index in [1.165, 1.54) is 6.07 Å². The second-order valence-corrected chi connectivity index (χ2v) is 8.16. The van der Waals surface area contributed by atoms with Gasteiger partial charge < -0.3 is 9.84 Å². The van der Waals surface area contributed by atoms with E-state index in [0.29, 0.717) is 30.4 Å². The number of aryl methyl sites for hydroxylation is 1. The second kappa shape index (κ2) is 8.84. The molecule has 8 heteroatoms. The highest BCUT2D eigenvalue weighted by molar-refractivity contribution is 7.08. The van der Waals surface area contributed by atoms with E-state index >= 15 is 0 Å². The molecular formula is C21H23FN4O2S. The molecule has 4 rings (SSSR count). The fourth-order valence-electron chi connectivity index (χ4n) is 3.45. The molecule has 0 bridgehead atoms. The summed E-state index contributed by atoms with van der Waals surface area (Å²) in [4.78, 5) is 19.2. The van der Waals surface area contributed by atoms with Crippen molar-refractivity contribution in [2.24, 2.45) is 5.92 Å². The Hall–Kier alpha value is -2.58. The standard InChI is InChI=1S/C21H23FN4O2S/c1-14-2-3-15(10-18(14)22)11-23-20(27)16-4-7-26(8-5-16)12-19-24-21(28-25-19)17-6-9-29-13-17/h2-3,6,9-10,13,16H,4-5,7-8,11-12H2,1H3,(H,23,27). The van der Waals surface area contributed by atoms with Crippen LogP contribution in [0, 0.1) is 18.7 Å². The Morgan fingerprint density at radius 2 is 2.17 bits per heavy atom. The molecule has 6 nitrogen and oxygen atoms in total. The van der Waals surface area contributed by atoms with Crippen molar-refractivity contribution in [1.82, 2.24) is 20.4 Å². The summed E-state index contributed by atoms with van der Waals surface area (Å²) in [6, 6.07) is 7.01. The van der Waals surface area contributed by atoms with Crippen LogP contribution in [0.3, 0.4) is 0 Å². The average molecular weight is 415 g/mol. The zero-order chi connectivity index (χ0) is 20.2. The molecule has 3 heterocycles. The van der Waals surface area contributed by atoms with E-state index in [2.05, 4.69) is 20.4 Å². The van der Waals surface area contributed by atoms with Gasteiger partial charge in [-0.25, -0.2) is 4.39 Å². The first-order chi connectivity index (χ1) is 14.1. The molecule has 1 fully saturated rings. The number of nitrogens with one attached hydrogen (secondary N) is 1. The molecule has 1 N–H and O–H groups in total. The molecule has 0 spiro atoms. The number of hydrogen-bond donors (Lipinski definition) is 1. The van der Waals surface area contributed by atoms with Crippen LogP contribution in [0.2, 0.25) is 0 Å². The van der Waals surface area contributed by atoms with E-state index in [1.54, 1.807) is 24.3 Å². The van der Waals surface area contributed by atoms with Gasteiger partial charge in [0, 0.05) is 17.8 Å². The van der Waals surface area contributed by atoms with Crippen molar-refractivity contribution in [3.8, 4) is 11.5 Å². The van der Waals surface area contributed by atoms with Gasteiger partial charge in [-0.05, 0) is 61.5 Å². The van der Waals surface area contributed by atoms with Crippen LogP contribution < -0.4 is 5.32 Å². The predicted octanol–water partition coefficient (Wildman–Crippen LogP) is 3.77. The van der Waals surface area contributed by atoms with Crippen molar-refractivity contribution in [3.05, 3.63) is 57.8 Å². The van der Waals surface area contributed by atoms with Gasteiger partial charge in [0.25, 0.3) is 5.89 Å². The van der Waals surface area contributed by atoms with Crippen LogP contribution in [0.4, 0.5) is 4.39 Å².